The van der Waals surface area contributed by atoms with Crippen LogP contribution in [0.2, 0.25) is 0 Å². The first-order chi connectivity index (χ1) is 7.77. The molecule has 16 heavy (non-hydrogen) atoms. The van der Waals surface area contributed by atoms with Crippen molar-refractivity contribution >= 4 is 0 Å². The molecule has 0 aromatic heterocycles. The van der Waals surface area contributed by atoms with Gasteiger partial charge in [0, 0.05) is 6.04 Å². The van der Waals surface area contributed by atoms with Gasteiger partial charge in [0.1, 0.15) is 0 Å². The summed E-state index contributed by atoms with van der Waals surface area (Å²) < 4.78 is 0. The Labute approximate surface area is 99.3 Å². The Kier molecular flexibility index (Phi) is 4.00. The van der Waals surface area contributed by atoms with Crippen LogP contribution < -0.4 is 5.32 Å². The van der Waals surface area contributed by atoms with E-state index in [2.05, 4.69) is 43.4 Å². The molecule has 1 N–H and O–H groups in total. The van der Waals surface area contributed by atoms with E-state index in [0.717, 1.165) is 5.92 Å². The predicted octanol–water partition coefficient (Wildman–Crippen LogP) is 3.84. The zero-order chi connectivity index (χ0) is 11.4. The molecule has 0 heterocycles. The second-order valence-electron chi connectivity index (χ2n) is 5.14. The van der Waals surface area contributed by atoms with E-state index in [1.807, 2.05) is 0 Å². The minimum absolute atomic E-state index is 0.488. The van der Waals surface area contributed by atoms with Crippen molar-refractivity contribution in [3.63, 3.8) is 0 Å². The van der Waals surface area contributed by atoms with Crippen LogP contribution in [0, 0.1) is 12.8 Å². The van der Waals surface area contributed by atoms with Crippen LogP contribution in [0.1, 0.15) is 49.8 Å². The van der Waals surface area contributed by atoms with Gasteiger partial charge in [0.25, 0.3) is 0 Å². The van der Waals surface area contributed by atoms with E-state index in [4.69, 9.17) is 0 Å². The molecule has 1 heteroatoms. The monoisotopic (exact) mass is 217 g/mol. The Bertz CT molecular complexity index is 326. The highest BCUT2D eigenvalue weighted by Gasteiger charge is 2.16. The second-order valence-corrected chi connectivity index (χ2v) is 5.14. The van der Waals surface area contributed by atoms with Crippen LogP contribution in [0.25, 0.3) is 0 Å². The van der Waals surface area contributed by atoms with Crippen molar-refractivity contribution in [1.82, 2.24) is 5.32 Å². The van der Waals surface area contributed by atoms with E-state index in [-0.39, 0.29) is 0 Å². The first-order valence-corrected chi connectivity index (χ1v) is 6.56. The SMILES string of the molecule is Cc1ccccc1C(C)NCC1CCCC1. The van der Waals surface area contributed by atoms with E-state index in [1.165, 1.54) is 43.4 Å². The molecule has 2 rings (SSSR count). The average molecular weight is 217 g/mol. The van der Waals surface area contributed by atoms with Gasteiger partial charge in [-0.1, -0.05) is 37.1 Å². The number of nitrogens with one attached hydrogen (secondary N) is 1. The summed E-state index contributed by atoms with van der Waals surface area (Å²) in [6.45, 7) is 5.66. The van der Waals surface area contributed by atoms with Crippen molar-refractivity contribution in [1.29, 1.82) is 0 Å². The van der Waals surface area contributed by atoms with E-state index in [0.29, 0.717) is 6.04 Å². The van der Waals surface area contributed by atoms with Crippen LogP contribution in [0.5, 0.6) is 0 Å². The molecule has 0 radical (unpaired) electrons. The fraction of sp³-hybridized carbons (Fsp3) is 0.600. The summed E-state index contributed by atoms with van der Waals surface area (Å²) in [5.74, 6) is 0.923. The van der Waals surface area contributed by atoms with Crippen molar-refractivity contribution in [2.75, 3.05) is 6.54 Å². The molecule has 88 valence electrons. The Morgan fingerprint density at radius 3 is 2.62 bits per heavy atom. The highest BCUT2D eigenvalue weighted by atomic mass is 14.9. The summed E-state index contributed by atoms with van der Waals surface area (Å²) in [5, 5.41) is 3.68. The van der Waals surface area contributed by atoms with E-state index < -0.39 is 0 Å². The van der Waals surface area contributed by atoms with Gasteiger partial charge in [-0.2, -0.15) is 0 Å². The lowest BCUT2D eigenvalue weighted by Crippen LogP contribution is -2.25. The largest absolute Gasteiger partial charge is 0.310 e. The van der Waals surface area contributed by atoms with Gasteiger partial charge in [0.2, 0.25) is 0 Å². The minimum Gasteiger partial charge on any atom is -0.310 e. The number of hydrogen-bond acceptors (Lipinski definition) is 1. The highest BCUT2D eigenvalue weighted by molar-refractivity contribution is 5.28. The Morgan fingerprint density at radius 2 is 1.94 bits per heavy atom. The van der Waals surface area contributed by atoms with Gasteiger partial charge >= 0.3 is 0 Å². The normalized spacial score (nSPS) is 18.9. The van der Waals surface area contributed by atoms with Crippen LogP contribution >= 0.6 is 0 Å². The Morgan fingerprint density at radius 1 is 1.25 bits per heavy atom. The van der Waals surface area contributed by atoms with Gasteiger partial charge in [0.15, 0.2) is 0 Å². The van der Waals surface area contributed by atoms with Gasteiger partial charge < -0.3 is 5.32 Å². The summed E-state index contributed by atoms with van der Waals surface area (Å²) in [4.78, 5) is 0. The zero-order valence-electron chi connectivity index (χ0n) is 10.5. The van der Waals surface area contributed by atoms with Gasteiger partial charge in [-0.15, -0.1) is 0 Å². The molecular weight excluding hydrogens is 194 g/mol. The van der Waals surface area contributed by atoms with Crippen molar-refractivity contribution < 1.29 is 0 Å². The third-order valence-corrected chi connectivity index (χ3v) is 3.84. The zero-order valence-corrected chi connectivity index (χ0v) is 10.5. The molecule has 1 saturated carbocycles. The fourth-order valence-electron chi connectivity index (χ4n) is 2.74. The second kappa shape index (κ2) is 5.49. The van der Waals surface area contributed by atoms with Crippen molar-refractivity contribution in [2.24, 2.45) is 5.92 Å². The summed E-state index contributed by atoms with van der Waals surface area (Å²) in [7, 11) is 0. The third-order valence-electron chi connectivity index (χ3n) is 3.84. The lowest BCUT2D eigenvalue weighted by molar-refractivity contribution is 0.452. The van der Waals surface area contributed by atoms with Crippen LogP contribution in [-0.4, -0.2) is 6.54 Å². The van der Waals surface area contributed by atoms with Crippen LogP contribution in [0.4, 0.5) is 0 Å². The number of rotatable bonds is 4. The first-order valence-electron chi connectivity index (χ1n) is 6.56. The summed E-state index contributed by atoms with van der Waals surface area (Å²) in [6.07, 6.45) is 5.72. The topological polar surface area (TPSA) is 12.0 Å². The quantitative estimate of drug-likeness (QED) is 0.808. The molecule has 0 saturated heterocycles. The molecule has 0 spiro atoms. The number of hydrogen-bond donors (Lipinski definition) is 1. The maximum absolute atomic E-state index is 3.68. The molecule has 0 amide bonds. The molecule has 1 atom stereocenters. The van der Waals surface area contributed by atoms with Crippen molar-refractivity contribution in [3.8, 4) is 0 Å². The van der Waals surface area contributed by atoms with Crippen LogP contribution in [0.3, 0.4) is 0 Å². The van der Waals surface area contributed by atoms with Gasteiger partial charge in [-0.05, 0) is 50.3 Å². The van der Waals surface area contributed by atoms with Crippen LogP contribution in [0.15, 0.2) is 24.3 Å². The third kappa shape index (κ3) is 2.85. The summed E-state index contributed by atoms with van der Waals surface area (Å²) >= 11 is 0. The van der Waals surface area contributed by atoms with E-state index in [1.54, 1.807) is 0 Å². The lowest BCUT2D eigenvalue weighted by atomic mass is 10.0. The van der Waals surface area contributed by atoms with Crippen molar-refractivity contribution in [3.05, 3.63) is 35.4 Å². The molecule has 0 aliphatic heterocycles. The molecule has 1 aromatic rings. The molecule has 0 bridgehead atoms. The lowest BCUT2D eigenvalue weighted by Gasteiger charge is -2.19. The standard InChI is InChI=1S/C15H23N/c1-12-7-3-6-10-15(12)13(2)16-11-14-8-4-5-9-14/h3,6-7,10,13-14,16H,4-5,8-9,11H2,1-2H3. The molecule has 1 aliphatic carbocycles. The van der Waals surface area contributed by atoms with Gasteiger partial charge in [-0.3, -0.25) is 0 Å². The molecule has 1 unspecified atom stereocenters. The summed E-state index contributed by atoms with van der Waals surface area (Å²) in [6, 6.07) is 9.17. The molecule has 1 fully saturated rings. The van der Waals surface area contributed by atoms with Crippen LogP contribution in [-0.2, 0) is 0 Å². The maximum Gasteiger partial charge on any atom is 0.0294 e. The number of aryl methyl sites for hydroxylation is 1. The Hall–Kier alpha value is -0.820. The van der Waals surface area contributed by atoms with Gasteiger partial charge in [-0.25, -0.2) is 0 Å². The van der Waals surface area contributed by atoms with Gasteiger partial charge in [0.05, 0.1) is 0 Å². The predicted molar refractivity (Wildman–Crippen MR) is 69.6 cm³/mol. The highest BCUT2D eigenvalue weighted by Crippen LogP contribution is 2.25. The fourth-order valence-corrected chi connectivity index (χ4v) is 2.74. The molecule has 1 aliphatic rings. The number of benzene rings is 1. The molecule has 1 aromatic carbocycles. The van der Waals surface area contributed by atoms with E-state index in [9.17, 15) is 0 Å². The molecule has 1 nitrogen and oxygen atoms in total. The first kappa shape index (κ1) is 11.7. The maximum atomic E-state index is 3.68. The Balaban J connectivity index is 1.87. The minimum atomic E-state index is 0.488. The summed E-state index contributed by atoms with van der Waals surface area (Å²) in [5.41, 5.74) is 2.84. The average Bonchev–Trinajstić information content (AvgIpc) is 2.79. The van der Waals surface area contributed by atoms with Crippen molar-refractivity contribution in [2.45, 2.75) is 45.6 Å². The van der Waals surface area contributed by atoms with E-state index >= 15 is 0 Å². The molecular formula is C15H23N. The smallest absolute Gasteiger partial charge is 0.0294 e.